The zero-order chi connectivity index (χ0) is 15.7. The van der Waals surface area contributed by atoms with E-state index in [1.165, 1.54) is 0 Å². The number of carbonyl (C=O) groups excluding carboxylic acids is 1. The van der Waals surface area contributed by atoms with E-state index in [0.717, 1.165) is 36.2 Å². The summed E-state index contributed by atoms with van der Waals surface area (Å²) in [4.78, 5) is 14.5. The van der Waals surface area contributed by atoms with Crippen molar-refractivity contribution in [3.8, 4) is 0 Å². The maximum absolute atomic E-state index is 12.5. The zero-order valence-electron chi connectivity index (χ0n) is 13.3. The molecule has 1 aliphatic carbocycles. The number of aromatic nitrogens is 2. The van der Waals surface area contributed by atoms with Crippen LogP contribution >= 0.6 is 0 Å². The minimum atomic E-state index is -0.0213. The summed E-state index contributed by atoms with van der Waals surface area (Å²) in [5.74, 6) is -0.0213. The Kier molecular flexibility index (Phi) is 3.88. The van der Waals surface area contributed by atoms with Crippen LogP contribution in [0.3, 0.4) is 0 Å². The highest BCUT2D eigenvalue weighted by atomic mass is 16.1. The first-order chi connectivity index (χ1) is 10.5. The van der Waals surface area contributed by atoms with Crippen LogP contribution in [0.4, 0.5) is 5.69 Å². The predicted molar refractivity (Wildman–Crippen MR) is 87.1 cm³/mol. The summed E-state index contributed by atoms with van der Waals surface area (Å²) in [5, 5.41) is 7.62. The maximum Gasteiger partial charge on any atom is 0.251 e. The van der Waals surface area contributed by atoms with Gasteiger partial charge in [-0.2, -0.15) is 5.10 Å². The minimum Gasteiger partial charge on any atom is -0.378 e. The van der Waals surface area contributed by atoms with Crippen molar-refractivity contribution in [1.29, 1.82) is 0 Å². The van der Waals surface area contributed by atoms with Gasteiger partial charge in [0.25, 0.3) is 5.91 Å². The van der Waals surface area contributed by atoms with Gasteiger partial charge in [-0.3, -0.25) is 9.48 Å². The van der Waals surface area contributed by atoms with Gasteiger partial charge in [0.05, 0.1) is 11.7 Å². The van der Waals surface area contributed by atoms with Crippen LogP contribution in [0.15, 0.2) is 30.5 Å². The molecule has 0 aliphatic heterocycles. The lowest BCUT2D eigenvalue weighted by atomic mass is 9.93. The van der Waals surface area contributed by atoms with E-state index >= 15 is 0 Å². The van der Waals surface area contributed by atoms with Crippen LogP contribution in [0.5, 0.6) is 0 Å². The number of hydrogen-bond acceptors (Lipinski definition) is 3. The Hall–Kier alpha value is -2.30. The second-order valence-electron chi connectivity index (χ2n) is 6.06. The van der Waals surface area contributed by atoms with Gasteiger partial charge in [0.1, 0.15) is 0 Å². The summed E-state index contributed by atoms with van der Waals surface area (Å²) in [6.07, 6.45) is 5.06. The maximum atomic E-state index is 12.5. The number of rotatable bonds is 3. The predicted octanol–water partition coefficient (Wildman–Crippen LogP) is 2.29. The molecule has 116 valence electrons. The summed E-state index contributed by atoms with van der Waals surface area (Å²) in [6, 6.07) is 7.74. The Morgan fingerprint density at radius 3 is 2.73 bits per heavy atom. The first kappa shape index (κ1) is 14.6. The van der Waals surface area contributed by atoms with Crippen molar-refractivity contribution >= 4 is 11.6 Å². The van der Waals surface area contributed by atoms with Gasteiger partial charge >= 0.3 is 0 Å². The summed E-state index contributed by atoms with van der Waals surface area (Å²) in [6.45, 7) is 0. The number of fused-ring (bicyclic) bond motifs is 1. The first-order valence-electron chi connectivity index (χ1n) is 7.65. The smallest absolute Gasteiger partial charge is 0.251 e. The van der Waals surface area contributed by atoms with E-state index in [0.29, 0.717) is 5.56 Å². The Balaban J connectivity index is 1.74. The molecule has 0 radical (unpaired) electrons. The number of amides is 1. The lowest BCUT2D eigenvalue weighted by Gasteiger charge is -2.22. The largest absolute Gasteiger partial charge is 0.378 e. The van der Waals surface area contributed by atoms with Gasteiger partial charge in [-0.1, -0.05) is 0 Å². The monoisotopic (exact) mass is 298 g/mol. The number of nitrogens with one attached hydrogen (secondary N) is 1. The van der Waals surface area contributed by atoms with Gasteiger partial charge in [-0.15, -0.1) is 0 Å². The van der Waals surface area contributed by atoms with Crippen LogP contribution in [0.1, 0.15) is 40.5 Å². The van der Waals surface area contributed by atoms with E-state index in [2.05, 4.69) is 10.4 Å². The molecule has 0 saturated heterocycles. The van der Waals surface area contributed by atoms with Crippen molar-refractivity contribution in [3.63, 3.8) is 0 Å². The standard InChI is InChI=1S/C17H22N4O/c1-20(2)13-9-7-12(8-10-13)17(22)18-15-5-4-6-16-14(15)11-21(3)19-16/h7-11,15H,4-6H2,1-3H3,(H,18,22). The van der Waals surface area contributed by atoms with Gasteiger partial charge in [-0.25, -0.2) is 0 Å². The molecular weight excluding hydrogens is 276 g/mol. The van der Waals surface area contributed by atoms with E-state index in [4.69, 9.17) is 0 Å². The van der Waals surface area contributed by atoms with Crippen molar-refractivity contribution in [1.82, 2.24) is 15.1 Å². The third kappa shape index (κ3) is 2.84. The molecule has 0 fully saturated rings. The molecule has 2 aromatic rings. The van der Waals surface area contributed by atoms with Crippen LogP contribution in [0, 0.1) is 0 Å². The summed E-state index contributed by atoms with van der Waals surface area (Å²) in [7, 11) is 5.90. The molecule has 5 nitrogen and oxygen atoms in total. The van der Waals surface area contributed by atoms with Gasteiger partial charge in [0.2, 0.25) is 0 Å². The minimum absolute atomic E-state index is 0.0213. The Bertz CT molecular complexity index is 672. The van der Waals surface area contributed by atoms with Gasteiger partial charge in [0.15, 0.2) is 0 Å². The molecule has 0 saturated carbocycles. The van der Waals surface area contributed by atoms with E-state index in [-0.39, 0.29) is 11.9 Å². The molecule has 1 aromatic carbocycles. The fraction of sp³-hybridized carbons (Fsp3) is 0.412. The fourth-order valence-corrected chi connectivity index (χ4v) is 2.97. The van der Waals surface area contributed by atoms with Gasteiger partial charge in [0, 0.05) is 44.2 Å². The van der Waals surface area contributed by atoms with Crippen molar-refractivity contribution in [2.45, 2.75) is 25.3 Å². The highest BCUT2D eigenvalue weighted by Crippen LogP contribution is 2.29. The normalized spacial score (nSPS) is 17.0. The van der Waals surface area contributed by atoms with Crippen molar-refractivity contribution in [2.24, 2.45) is 7.05 Å². The van der Waals surface area contributed by atoms with Crippen LogP contribution in [0.25, 0.3) is 0 Å². The molecule has 1 amide bonds. The average molecular weight is 298 g/mol. The number of benzene rings is 1. The molecule has 1 aliphatic rings. The lowest BCUT2D eigenvalue weighted by molar-refractivity contribution is 0.0933. The summed E-state index contributed by atoms with van der Waals surface area (Å²) < 4.78 is 1.83. The Morgan fingerprint density at radius 1 is 1.32 bits per heavy atom. The van der Waals surface area contributed by atoms with E-state index in [1.54, 1.807) is 0 Å². The molecule has 22 heavy (non-hydrogen) atoms. The molecule has 1 unspecified atom stereocenters. The molecular formula is C17H22N4O. The zero-order valence-corrected chi connectivity index (χ0v) is 13.3. The molecule has 1 atom stereocenters. The van der Waals surface area contributed by atoms with Crippen LogP contribution in [-0.2, 0) is 13.5 Å². The SMILES string of the molecule is CN(C)c1ccc(C(=O)NC2CCCc3nn(C)cc32)cc1. The van der Waals surface area contributed by atoms with E-state index < -0.39 is 0 Å². The molecule has 0 bridgehead atoms. The molecule has 1 aromatic heterocycles. The molecule has 5 heteroatoms. The number of aryl methyl sites for hydroxylation is 2. The number of anilines is 1. The first-order valence-corrected chi connectivity index (χ1v) is 7.65. The molecule has 0 spiro atoms. The molecule has 3 rings (SSSR count). The van der Waals surface area contributed by atoms with Gasteiger partial charge in [-0.05, 0) is 43.5 Å². The highest BCUT2D eigenvalue weighted by Gasteiger charge is 2.24. The van der Waals surface area contributed by atoms with Crippen LogP contribution < -0.4 is 10.2 Å². The van der Waals surface area contributed by atoms with Crippen molar-refractivity contribution < 1.29 is 4.79 Å². The third-order valence-electron chi connectivity index (χ3n) is 4.17. The van der Waals surface area contributed by atoms with Crippen molar-refractivity contribution in [2.75, 3.05) is 19.0 Å². The topological polar surface area (TPSA) is 50.2 Å². The van der Waals surface area contributed by atoms with Crippen molar-refractivity contribution in [3.05, 3.63) is 47.3 Å². The highest BCUT2D eigenvalue weighted by molar-refractivity contribution is 5.94. The lowest BCUT2D eigenvalue weighted by Crippen LogP contribution is -2.30. The van der Waals surface area contributed by atoms with Crippen LogP contribution in [-0.4, -0.2) is 29.8 Å². The Morgan fingerprint density at radius 2 is 2.05 bits per heavy atom. The van der Waals surface area contributed by atoms with E-state index in [1.807, 2.05) is 61.2 Å². The number of hydrogen-bond donors (Lipinski definition) is 1. The Labute approximate surface area is 130 Å². The second kappa shape index (κ2) is 5.83. The van der Waals surface area contributed by atoms with Gasteiger partial charge < -0.3 is 10.2 Å². The average Bonchev–Trinajstić information content (AvgIpc) is 2.88. The number of carbonyl (C=O) groups is 1. The summed E-state index contributed by atoms with van der Waals surface area (Å²) >= 11 is 0. The fourth-order valence-electron chi connectivity index (χ4n) is 2.97. The number of nitrogens with zero attached hydrogens (tertiary/aromatic N) is 3. The molecule has 1 heterocycles. The summed E-state index contributed by atoms with van der Waals surface area (Å²) in [5.41, 5.74) is 4.05. The molecule has 1 N–H and O–H groups in total. The quantitative estimate of drug-likeness (QED) is 0.946. The third-order valence-corrected chi connectivity index (χ3v) is 4.17. The van der Waals surface area contributed by atoms with E-state index in [9.17, 15) is 4.79 Å². The second-order valence-corrected chi connectivity index (χ2v) is 6.06. The van der Waals surface area contributed by atoms with Crippen LogP contribution in [0.2, 0.25) is 0 Å².